The van der Waals surface area contributed by atoms with E-state index >= 15 is 0 Å². The van der Waals surface area contributed by atoms with E-state index in [4.69, 9.17) is 4.42 Å². The van der Waals surface area contributed by atoms with Gasteiger partial charge in [-0.1, -0.05) is 6.07 Å². The standard InChI is InChI=1S/C20H19FN2O2/c21-17-3-5-18(6-4-17)23-11-9-22(10-12-23)14-15-1-7-19-16(13-15)2-8-20(24)25-19/h1-8,13H,9-12,14H2. The van der Waals surface area contributed by atoms with Crippen LogP contribution in [0.5, 0.6) is 0 Å². The number of piperazine rings is 1. The van der Waals surface area contributed by atoms with Crippen molar-refractivity contribution in [3.8, 4) is 0 Å². The molecule has 2 heterocycles. The fourth-order valence-electron chi connectivity index (χ4n) is 3.29. The first-order valence-corrected chi connectivity index (χ1v) is 8.43. The molecule has 1 aliphatic heterocycles. The van der Waals surface area contributed by atoms with Crippen molar-refractivity contribution in [2.75, 3.05) is 31.1 Å². The quantitative estimate of drug-likeness (QED) is 0.687. The Kier molecular flexibility index (Phi) is 4.24. The summed E-state index contributed by atoms with van der Waals surface area (Å²) in [5.74, 6) is -0.200. The maximum absolute atomic E-state index is 13.0. The molecule has 0 aliphatic carbocycles. The lowest BCUT2D eigenvalue weighted by Crippen LogP contribution is -2.45. The number of anilines is 1. The molecular weight excluding hydrogens is 319 g/mol. The second kappa shape index (κ2) is 6.69. The monoisotopic (exact) mass is 338 g/mol. The molecule has 1 saturated heterocycles. The van der Waals surface area contributed by atoms with E-state index in [1.54, 1.807) is 6.07 Å². The van der Waals surface area contributed by atoms with Crippen molar-refractivity contribution >= 4 is 16.7 Å². The molecule has 1 aromatic heterocycles. The molecule has 0 spiro atoms. The minimum Gasteiger partial charge on any atom is -0.423 e. The molecule has 2 aromatic carbocycles. The van der Waals surface area contributed by atoms with Gasteiger partial charge in [0.2, 0.25) is 0 Å². The van der Waals surface area contributed by atoms with Crippen LogP contribution in [0.25, 0.3) is 11.0 Å². The second-order valence-corrected chi connectivity index (χ2v) is 6.37. The second-order valence-electron chi connectivity index (χ2n) is 6.37. The molecule has 3 aromatic rings. The van der Waals surface area contributed by atoms with Crippen molar-refractivity contribution in [1.82, 2.24) is 4.90 Å². The molecule has 4 rings (SSSR count). The van der Waals surface area contributed by atoms with Crippen LogP contribution in [0.15, 0.2) is 63.8 Å². The maximum Gasteiger partial charge on any atom is 0.336 e. The van der Waals surface area contributed by atoms with Gasteiger partial charge in [0.05, 0.1) is 0 Å². The zero-order valence-electron chi connectivity index (χ0n) is 13.8. The van der Waals surface area contributed by atoms with E-state index in [1.807, 2.05) is 24.3 Å². The molecule has 4 nitrogen and oxygen atoms in total. The topological polar surface area (TPSA) is 36.7 Å². The predicted molar refractivity (Wildman–Crippen MR) is 96.4 cm³/mol. The highest BCUT2D eigenvalue weighted by atomic mass is 19.1. The minimum atomic E-state index is -0.322. The molecular formula is C20H19FN2O2. The van der Waals surface area contributed by atoms with Gasteiger partial charge in [0.25, 0.3) is 0 Å². The van der Waals surface area contributed by atoms with Crippen LogP contribution in [0.1, 0.15) is 5.56 Å². The van der Waals surface area contributed by atoms with Gasteiger partial charge in [-0.3, -0.25) is 4.90 Å². The van der Waals surface area contributed by atoms with Crippen molar-refractivity contribution in [2.24, 2.45) is 0 Å². The van der Waals surface area contributed by atoms with Gasteiger partial charge in [0.1, 0.15) is 11.4 Å². The first kappa shape index (κ1) is 15.8. The number of fused-ring (bicyclic) bond motifs is 1. The highest BCUT2D eigenvalue weighted by molar-refractivity contribution is 5.76. The van der Waals surface area contributed by atoms with Crippen LogP contribution >= 0.6 is 0 Å². The van der Waals surface area contributed by atoms with E-state index in [0.29, 0.717) is 5.58 Å². The Morgan fingerprint density at radius 2 is 1.68 bits per heavy atom. The van der Waals surface area contributed by atoms with E-state index in [9.17, 15) is 9.18 Å². The molecule has 0 radical (unpaired) electrons. The van der Waals surface area contributed by atoms with Crippen LogP contribution in [0.3, 0.4) is 0 Å². The third-order valence-electron chi connectivity index (χ3n) is 4.65. The summed E-state index contributed by atoms with van der Waals surface area (Å²) < 4.78 is 18.2. The Balaban J connectivity index is 1.40. The smallest absolute Gasteiger partial charge is 0.336 e. The highest BCUT2D eigenvalue weighted by Gasteiger charge is 2.17. The molecule has 0 bridgehead atoms. The third kappa shape index (κ3) is 3.56. The van der Waals surface area contributed by atoms with Crippen LogP contribution in [-0.4, -0.2) is 31.1 Å². The molecule has 0 saturated carbocycles. The molecule has 0 N–H and O–H groups in total. The summed E-state index contributed by atoms with van der Waals surface area (Å²) in [6.07, 6.45) is 0. The lowest BCUT2D eigenvalue weighted by molar-refractivity contribution is 0.250. The maximum atomic E-state index is 13.0. The molecule has 1 fully saturated rings. The Morgan fingerprint density at radius 3 is 2.44 bits per heavy atom. The van der Waals surface area contributed by atoms with Gasteiger partial charge in [0.15, 0.2) is 0 Å². The number of rotatable bonds is 3. The summed E-state index contributed by atoms with van der Waals surface area (Å²) in [5, 5.41) is 0.946. The normalized spacial score (nSPS) is 15.6. The molecule has 1 aliphatic rings. The van der Waals surface area contributed by atoms with Gasteiger partial charge in [0, 0.05) is 49.9 Å². The van der Waals surface area contributed by atoms with Gasteiger partial charge < -0.3 is 9.32 Å². The number of hydrogen-bond donors (Lipinski definition) is 0. The molecule has 0 atom stereocenters. The van der Waals surface area contributed by atoms with Crippen LogP contribution < -0.4 is 10.5 Å². The fraction of sp³-hybridized carbons (Fsp3) is 0.250. The van der Waals surface area contributed by atoms with Gasteiger partial charge in [-0.15, -0.1) is 0 Å². The summed E-state index contributed by atoms with van der Waals surface area (Å²) in [7, 11) is 0. The summed E-state index contributed by atoms with van der Waals surface area (Å²) in [5.41, 5.74) is 2.58. The first-order chi connectivity index (χ1) is 12.2. The molecule has 5 heteroatoms. The third-order valence-corrected chi connectivity index (χ3v) is 4.65. The Hall–Kier alpha value is -2.66. The van der Waals surface area contributed by atoms with E-state index in [-0.39, 0.29) is 11.4 Å². The molecule has 128 valence electrons. The lowest BCUT2D eigenvalue weighted by Gasteiger charge is -2.36. The van der Waals surface area contributed by atoms with Crippen molar-refractivity contribution < 1.29 is 8.81 Å². The number of hydrogen-bond acceptors (Lipinski definition) is 4. The Labute approximate surface area is 145 Å². The van der Waals surface area contributed by atoms with Crippen LogP contribution in [0.4, 0.5) is 10.1 Å². The van der Waals surface area contributed by atoms with Crippen molar-refractivity contribution in [3.05, 3.63) is 76.4 Å². The SMILES string of the molecule is O=c1ccc2cc(CN3CCN(c4ccc(F)cc4)CC3)ccc2o1. The van der Waals surface area contributed by atoms with Gasteiger partial charge >= 0.3 is 5.63 Å². The summed E-state index contributed by atoms with van der Waals surface area (Å²) >= 11 is 0. The van der Waals surface area contributed by atoms with Crippen LogP contribution in [0, 0.1) is 5.82 Å². The fourth-order valence-corrected chi connectivity index (χ4v) is 3.29. The molecule has 25 heavy (non-hydrogen) atoms. The highest BCUT2D eigenvalue weighted by Crippen LogP contribution is 2.19. The number of benzene rings is 2. The van der Waals surface area contributed by atoms with E-state index < -0.39 is 0 Å². The van der Waals surface area contributed by atoms with Crippen LogP contribution in [-0.2, 0) is 6.54 Å². The van der Waals surface area contributed by atoms with Gasteiger partial charge in [-0.05, 0) is 48.0 Å². The summed E-state index contributed by atoms with van der Waals surface area (Å²) in [6, 6.07) is 15.9. The Morgan fingerprint density at radius 1 is 0.920 bits per heavy atom. The first-order valence-electron chi connectivity index (χ1n) is 8.43. The molecule has 0 amide bonds. The van der Waals surface area contributed by atoms with Gasteiger partial charge in [-0.25, -0.2) is 9.18 Å². The number of halogens is 1. The minimum absolute atomic E-state index is 0.200. The largest absolute Gasteiger partial charge is 0.423 e. The predicted octanol–water partition coefficient (Wildman–Crippen LogP) is 3.25. The average Bonchev–Trinajstić information content (AvgIpc) is 2.63. The lowest BCUT2D eigenvalue weighted by atomic mass is 10.1. The van der Waals surface area contributed by atoms with Crippen LogP contribution in [0.2, 0.25) is 0 Å². The Bertz CT molecular complexity index is 928. The average molecular weight is 338 g/mol. The molecule has 0 unspecified atom stereocenters. The van der Waals surface area contributed by atoms with E-state index in [2.05, 4.69) is 15.9 Å². The van der Waals surface area contributed by atoms with Crippen molar-refractivity contribution in [2.45, 2.75) is 6.54 Å². The number of nitrogens with zero attached hydrogens (tertiary/aromatic N) is 2. The summed E-state index contributed by atoms with van der Waals surface area (Å²) in [6.45, 7) is 4.63. The zero-order valence-corrected chi connectivity index (χ0v) is 13.8. The van der Waals surface area contributed by atoms with Gasteiger partial charge in [-0.2, -0.15) is 0 Å². The van der Waals surface area contributed by atoms with E-state index in [1.165, 1.54) is 23.8 Å². The van der Waals surface area contributed by atoms with Crippen molar-refractivity contribution in [1.29, 1.82) is 0 Å². The zero-order chi connectivity index (χ0) is 17.2. The van der Waals surface area contributed by atoms with Crippen molar-refractivity contribution in [3.63, 3.8) is 0 Å². The summed E-state index contributed by atoms with van der Waals surface area (Å²) in [4.78, 5) is 15.9. The van der Waals surface area contributed by atoms with E-state index in [0.717, 1.165) is 43.8 Å².